The molecule has 0 bridgehead atoms. The molecular formula is C9H8NNaO2. The Morgan fingerprint density at radius 3 is 2.38 bits per heavy atom. The van der Waals surface area contributed by atoms with Crippen LogP contribution < -0.4 is 40.0 Å². The van der Waals surface area contributed by atoms with Crippen LogP contribution in [-0.2, 0) is 4.79 Å². The molecule has 0 amide bonds. The zero-order valence-electron chi connectivity index (χ0n) is 7.36. The van der Waals surface area contributed by atoms with Crippen LogP contribution in [0, 0.1) is 0 Å². The molecule has 1 fully saturated rings. The van der Waals surface area contributed by atoms with E-state index in [1.165, 1.54) is 0 Å². The third-order valence-corrected chi connectivity index (χ3v) is 2.00. The van der Waals surface area contributed by atoms with E-state index in [0.29, 0.717) is 0 Å². The van der Waals surface area contributed by atoms with Gasteiger partial charge in [-0.25, -0.2) is 0 Å². The zero-order chi connectivity index (χ0) is 8.55. The summed E-state index contributed by atoms with van der Waals surface area (Å²) in [5.74, 6) is -1.02. The molecular weight excluding hydrogens is 177 g/mol. The maximum absolute atomic E-state index is 10.4. The SMILES string of the molecule is O=C([O-])[C@H]1N[C@H]1c1ccccc1.[Na+]. The minimum Gasteiger partial charge on any atom is -0.548 e. The number of carbonyl (C=O) groups excluding carboxylic acids is 1. The van der Waals surface area contributed by atoms with Gasteiger partial charge < -0.3 is 9.90 Å². The van der Waals surface area contributed by atoms with E-state index in [-0.39, 0.29) is 35.6 Å². The van der Waals surface area contributed by atoms with E-state index in [1.54, 1.807) is 0 Å². The Labute approximate surface area is 98.4 Å². The number of rotatable bonds is 2. The van der Waals surface area contributed by atoms with Crippen molar-refractivity contribution in [3.05, 3.63) is 35.9 Å². The van der Waals surface area contributed by atoms with Gasteiger partial charge in [-0.05, 0) is 5.56 Å². The molecule has 1 aromatic carbocycles. The fourth-order valence-corrected chi connectivity index (χ4v) is 1.29. The van der Waals surface area contributed by atoms with Crippen molar-refractivity contribution in [2.75, 3.05) is 0 Å². The van der Waals surface area contributed by atoms with Gasteiger partial charge in [0.25, 0.3) is 0 Å². The standard InChI is InChI=1S/C9H9NO2.Na/c11-9(12)8-7(10-8)6-4-2-1-3-5-6;/h1-5,7-8,10H,(H,11,12);/q;+1/p-1/t7-,8-;/m0./s1. The third kappa shape index (κ3) is 2.31. The first-order valence-corrected chi connectivity index (χ1v) is 3.81. The minimum atomic E-state index is -1.02. The van der Waals surface area contributed by atoms with Crippen molar-refractivity contribution in [1.29, 1.82) is 0 Å². The topological polar surface area (TPSA) is 62.1 Å². The average molecular weight is 185 g/mol. The molecule has 4 heteroatoms. The van der Waals surface area contributed by atoms with Crippen LogP contribution in [-0.4, -0.2) is 12.0 Å². The Morgan fingerprint density at radius 2 is 1.92 bits per heavy atom. The molecule has 0 aromatic heterocycles. The van der Waals surface area contributed by atoms with Crippen molar-refractivity contribution in [3.8, 4) is 0 Å². The monoisotopic (exact) mass is 185 g/mol. The quantitative estimate of drug-likeness (QED) is 0.383. The van der Waals surface area contributed by atoms with Crippen LogP contribution in [0.1, 0.15) is 11.6 Å². The number of nitrogens with one attached hydrogen (secondary N) is 1. The normalized spacial score (nSPS) is 24.6. The molecule has 2 atom stereocenters. The number of carboxylic acids is 1. The minimum absolute atomic E-state index is 0. The number of aliphatic carboxylic acids is 1. The number of benzene rings is 1. The van der Waals surface area contributed by atoms with Gasteiger partial charge in [-0.1, -0.05) is 30.3 Å². The summed E-state index contributed by atoms with van der Waals surface area (Å²) in [5.41, 5.74) is 1.01. The second-order valence-electron chi connectivity index (χ2n) is 2.85. The smallest absolute Gasteiger partial charge is 0.548 e. The molecule has 0 saturated carbocycles. The summed E-state index contributed by atoms with van der Waals surface area (Å²) in [4.78, 5) is 10.4. The molecule has 1 aliphatic rings. The van der Waals surface area contributed by atoms with Crippen molar-refractivity contribution < 1.29 is 39.5 Å². The molecule has 13 heavy (non-hydrogen) atoms. The Bertz CT molecular complexity index is 302. The first kappa shape index (κ1) is 10.7. The summed E-state index contributed by atoms with van der Waals surface area (Å²) in [5, 5.41) is 13.2. The molecule has 3 nitrogen and oxygen atoms in total. The van der Waals surface area contributed by atoms with Crippen LogP contribution in [0.25, 0.3) is 0 Å². The Hall–Kier alpha value is -0.350. The summed E-state index contributed by atoms with van der Waals surface area (Å²) in [6.07, 6.45) is 0. The fourth-order valence-electron chi connectivity index (χ4n) is 1.29. The van der Waals surface area contributed by atoms with E-state index in [2.05, 4.69) is 5.32 Å². The first-order chi connectivity index (χ1) is 5.79. The molecule has 0 aliphatic carbocycles. The molecule has 1 aliphatic heterocycles. The van der Waals surface area contributed by atoms with Gasteiger partial charge in [0.15, 0.2) is 0 Å². The van der Waals surface area contributed by atoms with Crippen molar-refractivity contribution in [2.24, 2.45) is 0 Å². The van der Waals surface area contributed by atoms with Crippen molar-refractivity contribution in [1.82, 2.24) is 5.32 Å². The van der Waals surface area contributed by atoms with E-state index in [1.807, 2.05) is 30.3 Å². The third-order valence-electron chi connectivity index (χ3n) is 2.00. The van der Waals surface area contributed by atoms with E-state index >= 15 is 0 Å². The van der Waals surface area contributed by atoms with Gasteiger partial charge in [0, 0.05) is 0 Å². The molecule has 1 aromatic rings. The Morgan fingerprint density at radius 1 is 1.31 bits per heavy atom. The fraction of sp³-hybridized carbons (Fsp3) is 0.222. The predicted octanol–water partition coefficient (Wildman–Crippen LogP) is -3.55. The Kier molecular flexibility index (Phi) is 3.50. The van der Waals surface area contributed by atoms with Crippen LogP contribution in [0.4, 0.5) is 0 Å². The van der Waals surface area contributed by atoms with E-state index in [9.17, 15) is 9.90 Å². The molecule has 0 spiro atoms. The number of hydrogen-bond donors (Lipinski definition) is 1. The van der Waals surface area contributed by atoms with Crippen molar-refractivity contribution in [2.45, 2.75) is 12.1 Å². The van der Waals surface area contributed by atoms with Gasteiger partial charge in [0.05, 0.1) is 18.1 Å². The summed E-state index contributed by atoms with van der Waals surface area (Å²) in [7, 11) is 0. The number of carbonyl (C=O) groups is 1. The molecule has 0 radical (unpaired) electrons. The van der Waals surface area contributed by atoms with Crippen LogP contribution in [0.3, 0.4) is 0 Å². The van der Waals surface area contributed by atoms with Gasteiger partial charge in [0.1, 0.15) is 0 Å². The van der Waals surface area contributed by atoms with Gasteiger partial charge >= 0.3 is 29.6 Å². The summed E-state index contributed by atoms with van der Waals surface area (Å²) in [6, 6.07) is 8.95. The van der Waals surface area contributed by atoms with Crippen LogP contribution >= 0.6 is 0 Å². The van der Waals surface area contributed by atoms with Gasteiger partial charge in [-0.3, -0.25) is 5.32 Å². The molecule has 0 unspecified atom stereocenters. The van der Waals surface area contributed by atoms with Gasteiger partial charge in [-0.2, -0.15) is 0 Å². The molecule has 2 rings (SSSR count). The number of hydrogen-bond acceptors (Lipinski definition) is 3. The van der Waals surface area contributed by atoms with E-state index in [4.69, 9.17) is 0 Å². The molecule has 1 saturated heterocycles. The van der Waals surface area contributed by atoms with Crippen molar-refractivity contribution >= 4 is 5.97 Å². The second kappa shape index (κ2) is 4.24. The Balaban J connectivity index is 0.000000845. The van der Waals surface area contributed by atoms with E-state index in [0.717, 1.165) is 5.56 Å². The maximum atomic E-state index is 10.4. The summed E-state index contributed by atoms with van der Waals surface area (Å²) < 4.78 is 0. The maximum Gasteiger partial charge on any atom is 1.00 e. The van der Waals surface area contributed by atoms with Crippen molar-refractivity contribution in [3.63, 3.8) is 0 Å². The first-order valence-electron chi connectivity index (χ1n) is 3.81. The molecule has 62 valence electrons. The van der Waals surface area contributed by atoms with Crippen LogP contribution in [0.2, 0.25) is 0 Å². The second-order valence-corrected chi connectivity index (χ2v) is 2.85. The summed E-state index contributed by atoms with van der Waals surface area (Å²) >= 11 is 0. The molecule has 1 heterocycles. The molecule has 1 N–H and O–H groups in total. The van der Waals surface area contributed by atoms with Gasteiger partial charge in [0.2, 0.25) is 0 Å². The number of carboxylic acid groups (broad SMARTS) is 1. The largest absolute Gasteiger partial charge is 1.00 e. The van der Waals surface area contributed by atoms with Crippen LogP contribution in [0.5, 0.6) is 0 Å². The zero-order valence-corrected chi connectivity index (χ0v) is 9.36. The average Bonchev–Trinajstić information content (AvgIpc) is 2.84. The van der Waals surface area contributed by atoms with Crippen LogP contribution in [0.15, 0.2) is 30.3 Å². The van der Waals surface area contributed by atoms with Gasteiger partial charge in [-0.15, -0.1) is 0 Å². The summed E-state index contributed by atoms with van der Waals surface area (Å²) in [6.45, 7) is 0. The predicted molar refractivity (Wildman–Crippen MR) is 41.1 cm³/mol. The van der Waals surface area contributed by atoms with E-state index < -0.39 is 12.0 Å².